The second-order valence-corrected chi connectivity index (χ2v) is 9.05. The average molecular weight is 450 g/mol. The van der Waals surface area contributed by atoms with E-state index in [-0.39, 0.29) is 17.8 Å². The lowest BCUT2D eigenvalue weighted by Crippen LogP contribution is -2.27. The number of carbonyl (C=O) groups excluding carboxylic acids is 1. The molecular weight excluding hydrogens is 425 g/mol. The van der Waals surface area contributed by atoms with E-state index in [1.54, 1.807) is 18.2 Å². The van der Waals surface area contributed by atoms with E-state index in [1.807, 2.05) is 39.0 Å². The van der Waals surface area contributed by atoms with Crippen LogP contribution in [0.3, 0.4) is 0 Å². The molecule has 2 atom stereocenters. The standard InChI is InChI=1S/C21H25Cl2N5O2/c1-12-7-13(18(29)30-21(2,3)4)5-6-14(12)11-24-19-26-20(28-27-19)25-17-9-15(22)8-16(23)10-17/h5-10,12,14H,11H2,1-4H3,(H3,24,25,26,27,28). The van der Waals surface area contributed by atoms with Gasteiger partial charge in [-0.05, 0) is 44.9 Å². The maximum absolute atomic E-state index is 12.2. The van der Waals surface area contributed by atoms with Gasteiger partial charge in [0.2, 0.25) is 11.9 Å². The summed E-state index contributed by atoms with van der Waals surface area (Å²) >= 11 is 12.0. The van der Waals surface area contributed by atoms with E-state index >= 15 is 0 Å². The molecule has 1 aromatic heterocycles. The largest absolute Gasteiger partial charge is 0.456 e. The molecule has 30 heavy (non-hydrogen) atoms. The second-order valence-electron chi connectivity index (χ2n) is 8.18. The van der Waals surface area contributed by atoms with Crippen LogP contribution >= 0.6 is 23.2 Å². The lowest BCUT2D eigenvalue weighted by atomic mass is 9.87. The Hall–Kier alpha value is -2.51. The summed E-state index contributed by atoms with van der Waals surface area (Å²) < 4.78 is 5.43. The van der Waals surface area contributed by atoms with Gasteiger partial charge < -0.3 is 15.4 Å². The predicted octanol–water partition coefficient (Wildman–Crippen LogP) is 5.36. The maximum atomic E-state index is 12.2. The van der Waals surface area contributed by atoms with Crippen LogP contribution in [0.4, 0.5) is 17.6 Å². The molecule has 7 nitrogen and oxygen atoms in total. The summed E-state index contributed by atoms with van der Waals surface area (Å²) in [5.41, 5.74) is 0.776. The van der Waals surface area contributed by atoms with Gasteiger partial charge in [0.15, 0.2) is 0 Å². The first-order valence-electron chi connectivity index (χ1n) is 9.62. The minimum atomic E-state index is -0.513. The van der Waals surface area contributed by atoms with E-state index in [2.05, 4.69) is 32.7 Å². The molecule has 0 bridgehead atoms. The lowest BCUT2D eigenvalue weighted by Gasteiger charge is -2.25. The van der Waals surface area contributed by atoms with Gasteiger partial charge in [-0.3, -0.25) is 0 Å². The summed E-state index contributed by atoms with van der Waals surface area (Å²) in [6.45, 7) is 8.25. The number of hydrogen-bond acceptors (Lipinski definition) is 6. The van der Waals surface area contributed by atoms with Gasteiger partial charge in [-0.1, -0.05) is 48.4 Å². The molecule has 0 saturated heterocycles. The fourth-order valence-electron chi connectivity index (χ4n) is 2.96. The van der Waals surface area contributed by atoms with Crippen LogP contribution in [0, 0.1) is 11.8 Å². The summed E-state index contributed by atoms with van der Waals surface area (Å²) in [4.78, 5) is 16.6. The normalized spacial score (nSPS) is 18.7. The van der Waals surface area contributed by atoms with Crippen molar-refractivity contribution in [2.75, 3.05) is 17.2 Å². The molecule has 0 saturated carbocycles. The quantitative estimate of drug-likeness (QED) is 0.514. The number of anilines is 3. The molecule has 1 aliphatic rings. The van der Waals surface area contributed by atoms with Crippen LogP contribution in [0.5, 0.6) is 0 Å². The Morgan fingerprint density at radius 1 is 1.23 bits per heavy atom. The van der Waals surface area contributed by atoms with Crippen LogP contribution in [0.1, 0.15) is 27.7 Å². The van der Waals surface area contributed by atoms with Gasteiger partial charge >= 0.3 is 5.97 Å². The van der Waals surface area contributed by atoms with Crippen molar-refractivity contribution < 1.29 is 9.53 Å². The van der Waals surface area contributed by atoms with Crippen molar-refractivity contribution in [1.82, 2.24) is 15.2 Å². The Kier molecular flexibility index (Phi) is 6.73. The first kappa shape index (κ1) is 22.2. The summed E-state index contributed by atoms with van der Waals surface area (Å²) in [6.07, 6.45) is 5.76. The third kappa shape index (κ3) is 6.24. The number of halogens is 2. The van der Waals surface area contributed by atoms with Gasteiger partial charge in [-0.2, -0.15) is 4.98 Å². The number of aromatic amines is 1. The zero-order valence-electron chi connectivity index (χ0n) is 17.3. The predicted molar refractivity (Wildman–Crippen MR) is 120 cm³/mol. The molecule has 0 radical (unpaired) electrons. The first-order chi connectivity index (χ1) is 14.1. The van der Waals surface area contributed by atoms with Gasteiger partial charge in [0.05, 0.1) is 5.57 Å². The summed E-state index contributed by atoms with van der Waals surface area (Å²) in [5.74, 6) is 0.985. The Morgan fingerprint density at radius 3 is 2.57 bits per heavy atom. The molecule has 2 aromatic rings. The van der Waals surface area contributed by atoms with Gasteiger partial charge in [-0.25, -0.2) is 9.89 Å². The number of nitrogens with one attached hydrogen (secondary N) is 3. The summed E-state index contributed by atoms with van der Waals surface area (Å²) in [6, 6.07) is 5.14. The Balaban J connectivity index is 1.54. The minimum Gasteiger partial charge on any atom is -0.456 e. The summed E-state index contributed by atoms with van der Waals surface area (Å²) in [7, 11) is 0. The molecular formula is C21H25Cl2N5O2. The van der Waals surface area contributed by atoms with Crippen LogP contribution in [0.15, 0.2) is 42.0 Å². The zero-order valence-corrected chi connectivity index (χ0v) is 18.8. The third-order valence-corrected chi connectivity index (χ3v) is 4.82. The number of hydrogen-bond donors (Lipinski definition) is 3. The Morgan fingerprint density at radius 2 is 1.93 bits per heavy atom. The summed E-state index contributed by atoms with van der Waals surface area (Å²) in [5, 5.41) is 14.3. The number of allylic oxidation sites excluding steroid dienone is 1. The molecule has 0 aliphatic heterocycles. The number of benzene rings is 1. The monoisotopic (exact) mass is 449 g/mol. The number of ether oxygens (including phenoxy) is 1. The highest BCUT2D eigenvalue weighted by Gasteiger charge is 2.24. The molecule has 1 aliphatic carbocycles. The molecule has 1 heterocycles. The molecule has 9 heteroatoms. The molecule has 1 aromatic carbocycles. The van der Waals surface area contributed by atoms with Crippen molar-refractivity contribution >= 4 is 46.8 Å². The molecule has 3 N–H and O–H groups in total. The smallest absolute Gasteiger partial charge is 0.338 e. The molecule has 160 valence electrons. The van der Waals surface area contributed by atoms with E-state index in [9.17, 15) is 4.79 Å². The van der Waals surface area contributed by atoms with Crippen LogP contribution in [-0.4, -0.2) is 33.3 Å². The minimum absolute atomic E-state index is 0.162. The fourth-order valence-corrected chi connectivity index (χ4v) is 3.49. The van der Waals surface area contributed by atoms with E-state index in [4.69, 9.17) is 27.9 Å². The number of carbonyl (C=O) groups is 1. The second kappa shape index (κ2) is 9.10. The number of H-pyrrole nitrogens is 1. The Labute approximate surface area is 185 Å². The van der Waals surface area contributed by atoms with E-state index in [1.165, 1.54) is 0 Å². The Bertz CT molecular complexity index is 958. The SMILES string of the molecule is CC1C=C(C(=O)OC(C)(C)C)C=CC1CNc1n[nH]c(Nc2cc(Cl)cc(Cl)c2)n1. The van der Waals surface area contributed by atoms with Gasteiger partial charge in [0.25, 0.3) is 0 Å². The molecule has 3 rings (SSSR count). The number of aromatic nitrogens is 3. The van der Waals surface area contributed by atoms with Gasteiger partial charge in [-0.15, -0.1) is 5.10 Å². The van der Waals surface area contributed by atoms with E-state index in [0.29, 0.717) is 39.7 Å². The number of esters is 1. The molecule has 2 unspecified atom stereocenters. The van der Waals surface area contributed by atoms with Crippen molar-refractivity contribution in [2.24, 2.45) is 11.8 Å². The topological polar surface area (TPSA) is 91.9 Å². The number of rotatable bonds is 6. The van der Waals surface area contributed by atoms with Crippen molar-refractivity contribution in [3.8, 4) is 0 Å². The van der Waals surface area contributed by atoms with Crippen LogP contribution in [0.25, 0.3) is 0 Å². The van der Waals surface area contributed by atoms with Crippen LogP contribution in [-0.2, 0) is 9.53 Å². The van der Waals surface area contributed by atoms with Crippen molar-refractivity contribution in [1.29, 1.82) is 0 Å². The zero-order chi connectivity index (χ0) is 21.9. The highest BCUT2D eigenvalue weighted by atomic mass is 35.5. The van der Waals surface area contributed by atoms with Crippen LogP contribution < -0.4 is 10.6 Å². The average Bonchev–Trinajstić information content (AvgIpc) is 3.05. The lowest BCUT2D eigenvalue weighted by molar-refractivity contribution is -0.149. The van der Waals surface area contributed by atoms with Crippen LogP contribution in [0.2, 0.25) is 10.0 Å². The van der Waals surface area contributed by atoms with E-state index in [0.717, 1.165) is 0 Å². The maximum Gasteiger partial charge on any atom is 0.338 e. The van der Waals surface area contributed by atoms with Crippen molar-refractivity contribution in [3.05, 3.63) is 52.0 Å². The van der Waals surface area contributed by atoms with Crippen molar-refractivity contribution in [2.45, 2.75) is 33.3 Å². The van der Waals surface area contributed by atoms with Gasteiger partial charge in [0, 0.05) is 28.2 Å². The van der Waals surface area contributed by atoms with Crippen molar-refractivity contribution in [3.63, 3.8) is 0 Å². The third-order valence-electron chi connectivity index (χ3n) is 4.38. The highest BCUT2D eigenvalue weighted by molar-refractivity contribution is 6.35. The first-order valence-corrected chi connectivity index (χ1v) is 10.4. The fraction of sp³-hybridized carbons (Fsp3) is 0.381. The molecule has 0 amide bonds. The highest BCUT2D eigenvalue weighted by Crippen LogP contribution is 2.26. The molecule has 0 fully saturated rings. The number of nitrogens with zero attached hydrogens (tertiary/aromatic N) is 2. The van der Waals surface area contributed by atoms with Gasteiger partial charge in [0.1, 0.15) is 5.60 Å². The molecule has 0 spiro atoms. The van der Waals surface area contributed by atoms with E-state index < -0.39 is 5.60 Å².